The van der Waals surface area contributed by atoms with Crippen molar-refractivity contribution >= 4 is 22.6 Å². The summed E-state index contributed by atoms with van der Waals surface area (Å²) in [5.41, 5.74) is 2.93. The number of nitrogens with one attached hydrogen (secondary N) is 1. The number of aromatic nitrogens is 2. The number of piperidine rings is 1. The molecule has 0 bridgehead atoms. The second-order valence-electron chi connectivity index (χ2n) is 8.24. The number of carbonyl (C=O) groups is 1. The average Bonchev–Trinajstić information content (AvgIpc) is 3.12. The lowest BCUT2D eigenvalue weighted by molar-refractivity contribution is -0.121. The van der Waals surface area contributed by atoms with Gasteiger partial charge in [0.2, 0.25) is 5.91 Å². The van der Waals surface area contributed by atoms with Gasteiger partial charge in [0.25, 0.3) is 0 Å². The van der Waals surface area contributed by atoms with Crippen molar-refractivity contribution in [1.82, 2.24) is 14.5 Å². The molecule has 0 spiro atoms. The van der Waals surface area contributed by atoms with E-state index in [1.165, 1.54) is 5.52 Å². The number of fused-ring (bicyclic) bond motifs is 1. The third kappa shape index (κ3) is 4.19. The Morgan fingerprint density at radius 2 is 1.97 bits per heavy atom. The number of anilines is 1. The number of para-hydroxylation sites is 4. The van der Waals surface area contributed by atoms with E-state index in [1.54, 1.807) is 7.11 Å². The van der Waals surface area contributed by atoms with Crippen molar-refractivity contribution in [3.8, 4) is 5.75 Å². The van der Waals surface area contributed by atoms with Crippen molar-refractivity contribution in [2.75, 3.05) is 25.5 Å². The van der Waals surface area contributed by atoms with Crippen LogP contribution >= 0.6 is 0 Å². The molecule has 0 unspecified atom stereocenters. The molecule has 30 heavy (non-hydrogen) atoms. The van der Waals surface area contributed by atoms with Crippen molar-refractivity contribution in [2.24, 2.45) is 5.92 Å². The van der Waals surface area contributed by atoms with E-state index in [2.05, 4.69) is 46.8 Å². The second-order valence-corrected chi connectivity index (χ2v) is 8.24. The van der Waals surface area contributed by atoms with Gasteiger partial charge in [-0.2, -0.15) is 0 Å². The zero-order valence-corrected chi connectivity index (χ0v) is 18.0. The summed E-state index contributed by atoms with van der Waals surface area (Å²) < 4.78 is 7.68. The van der Waals surface area contributed by atoms with Crippen LogP contribution in [0.1, 0.15) is 38.6 Å². The highest BCUT2D eigenvalue weighted by molar-refractivity contribution is 5.94. The van der Waals surface area contributed by atoms with Gasteiger partial charge in [0, 0.05) is 12.6 Å². The van der Waals surface area contributed by atoms with Crippen molar-refractivity contribution in [2.45, 2.75) is 39.3 Å². The molecular formula is C24H30N4O2. The monoisotopic (exact) mass is 406 g/mol. The fourth-order valence-corrected chi connectivity index (χ4v) is 4.38. The molecule has 3 aromatic rings. The Morgan fingerprint density at radius 1 is 1.20 bits per heavy atom. The summed E-state index contributed by atoms with van der Waals surface area (Å²) in [6, 6.07) is 16.2. The molecule has 2 aromatic carbocycles. The molecule has 1 fully saturated rings. The summed E-state index contributed by atoms with van der Waals surface area (Å²) in [4.78, 5) is 20.2. The zero-order valence-electron chi connectivity index (χ0n) is 18.0. The Labute approximate surface area is 177 Å². The van der Waals surface area contributed by atoms with Gasteiger partial charge in [0.15, 0.2) is 0 Å². The van der Waals surface area contributed by atoms with Crippen LogP contribution in [-0.2, 0) is 11.3 Å². The molecule has 4 rings (SSSR count). The maximum absolute atomic E-state index is 12.9. The first-order valence-corrected chi connectivity index (χ1v) is 10.7. The van der Waals surface area contributed by atoms with Crippen molar-refractivity contribution in [3.63, 3.8) is 0 Å². The van der Waals surface area contributed by atoms with Crippen LogP contribution in [0.25, 0.3) is 11.0 Å². The molecule has 0 radical (unpaired) electrons. The first kappa shape index (κ1) is 20.4. The Bertz CT molecular complexity index is 1030. The van der Waals surface area contributed by atoms with E-state index in [9.17, 15) is 4.79 Å². The topological polar surface area (TPSA) is 59.4 Å². The van der Waals surface area contributed by atoms with Crippen LogP contribution in [0.4, 0.5) is 5.69 Å². The zero-order chi connectivity index (χ0) is 21.1. The van der Waals surface area contributed by atoms with E-state index in [0.717, 1.165) is 49.5 Å². The summed E-state index contributed by atoms with van der Waals surface area (Å²) >= 11 is 0. The summed E-state index contributed by atoms with van der Waals surface area (Å²) in [7, 11) is 1.62. The summed E-state index contributed by atoms with van der Waals surface area (Å²) in [5.74, 6) is 1.77. The molecule has 1 atom stereocenters. The number of nitrogens with zero attached hydrogens (tertiary/aromatic N) is 3. The van der Waals surface area contributed by atoms with Gasteiger partial charge in [-0.05, 0) is 57.5 Å². The summed E-state index contributed by atoms with van der Waals surface area (Å²) in [5, 5.41) is 3.06. The number of benzene rings is 2. The molecule has 1 aliphatic rings. The van der Waals surface area contributed by atoms with E-state index in [4.69, 9.17) is 9.72 Å². The predicted octanol–water partition coefficient (Wildman–Crippen LogP) is 4.48. The van der Waals surface area contributed by atoms with Gasteiger partial charge in [-0.25, -0.2) is 4.98 Å². The van der Waals surface area contributed by atoms with Gasteiger partial charge < -0.3 is 14.6 Å². The SMILES string of the molecule is COc1ccccc1NC(=O)[C@H]1CCCN(Cc2nc3ccccc3n2C(C)C)C1. The van der Waals surface area contributed by atoms with Gasteiger partial charge >= 0.3 is 0 Å². The van der Waals surface area contributed by atoms with Gasteiger partial charge in [0.05, 0.1) is 36.3 Å². The van der Waals surface area contributed by atoms with Gasteiger partial charge in [0.1, 0.15) is 11.6 Å². The Balaban J connectivity index is 1.48. The molecule has 1 aliphatic heterocycles. The molecule has 0 saturated carbocycles. The highest BCUT2D eigenvalue weighted by Crippen LogP contribution is 2.27. The molecule has 158 valence electrons. The smallest absolute Gasteiger partial charge is 0.228 e. The molecule has 1 amide bonds. The molecule has 6 nitrogen and oxygen atoms in total. The van der Waals surface area contributed by atoms with Crippen LogP contribution in [0.2, 0.25) is 0 Å². The predicted molar refractivity (Wildman–Crippen MR) is 120 cm³/mol. The summed E-state index contributed by atoms with van der Waals surface area (Å²) in [6.45, 7) is 6.86. The number of methoxy groups -OCH3 is 1. The van der Waals surface area contributed by atoms with Crippen LogP contribution < -0.4 is 10.1 Å². The largest absolute Gasteiger partial charge is 0.495 e. The second kappa shape index (κ2) is 8.88. The van der Waals surface area contributed by atoms with E-state index in [1.807, 2.05) is 30.3 Å². The maximum Gasteiger partial charge on any atom is 0.228 e. The summed E-state index contributed by atoms with van der Waals surface area (Å²) in [6.07, 6.45) is 1.91. The minimum absolute atomic E-state index is 0.0412. The van der Waals surface area contributed by atoms with Crippen LogP contribution in [0, 0.1) is 5.92 Å². The highest BCUT2D eigenvalue weighted by atomic mass is 16.5. The Morgan fingerprint density at radius 3 is 2.77 bits per heavy atom. The third-order valence-electron chi connectivity index (χ3n) is 5.79. The lowest BCUT2D eigenvalue weighted by Crippen LogP contribution is -2.40. The van der Waals surface area contributed by atoms with Crippen LogP contribution in [0.5, 0.6) is 5.75 Å². The fourth-order valence-electron chi connectivity index (χ4n) is 4.38. The molecular weight excluding hydrogens is 376 g/mol. The number of carbonyl (C=O) groups excluding carboxylic acids is 1. The molecule has 6 heteroatoms. The first-order chi connectivity index (χ1) is 14.6. The Kier molecular flexibility index (Phi) is 6.04. The minimum atomic E-state index is -0.0412. The van der Waals surface area contributed by atoms with Gasteiger partial charge in [-0.15, -0.1) is 0 Å². The normalized spacial score (nSPS) is 17.4. The first-order valence-electron chi connectivity index (χ1n) is 10.7. The highest BCUT2D eigenvalue weighted by Gasteiger charge is 2.27. The van der Waals surface area contributed by atoms with E-state index >= 15 is 0 Å². The van der Waals surface area contributed by atoms with E-state index in [0.29, 0.717) is 11.8 Å². The molecule has 1 saturated heterocycles. The number of ether oxygens (including phenoxy) is 1. The molecule has 2 heterocycles. The average molecular weight is 407 g/mol. The van der Waals surface area contributed by atoms with Crippen LogP contribution in [0.3, 0.4) is 0 Å². The lowest BCUT2D eigenvalue weighted by atomic mass is 9.97. The number of hydrogen-bond donors (Lipinski definition) is 1. The lowest BCUT2D eigenvalue weighted by Gasteiger charge is -2.32. The van der Waals surface area contributed by atoms with Crippen molar-refractivity contribution < 1.29 is 9.53 Å². The number of hydrogen-bond acceptors (Lipinski definition) is 4. The van der Waals surface area contributed by atoms with Crippen molar-refractivity contribution in [1.29, 1.82) is 0 Å². The number of amides is 1. The van der Waals surface area contributed by atoms with Crippen molar-refractivity contribution in [3.05, 3.63) is 54.4 Å². The van der Waals surface area contributed by atoms with Gasteiger partial charge in [-0.3, -0.25) is 9.69 Å². The minimum Gasteiger partial charge on any atom is -0.495 e. The maximum atomic E-state index is 12.9. The fraction of sp³-hybridized carbons (Fsp3) is 0.417. The number of imidazole rings is 1. The third-order valence-corrected chi connectivity index (χ3v) is 5.79. The Hall–Kier alpha value is -2.86. The molecule has 0 aliphatic carbocycles. The van der Waals surface area contributed by atoms with Crippen LogP contribution in [-0.4, -0.2) is 40.6 Å². The molecule has 1 N–H and O–H groups in total. The van der Waals surface area contributed by atoms with Gasteiger partial charge in [-0.1, -0.05) is 24.3 Å². The standard InChI is InChI=1S/C24H30N4O2/c1-17(2)28-21-12-6-4-10-19(21)25-23(28)16-27-14-8-9-18(15-27)24(29)26-20-11-5-7-13-22(20)30-3/h4-7,10-13,17-18H,8-9,14-16H2,1-3H3,(H,26,29)/t18-/m0/s1. The van der Waals surface area contributed by atoms with E-state index in [-0.39, 0.29) is 11.8 Å². The molecule has 1 aromatic heterocycles. The van der Waals surface area contributed by atoms with E-state index < -0.39 is 0 Å². The number of likely N-dealkylation sites (tertiary alicyclic amines) is 1. The quantitative estimate of drug-likeness (QED) is 0.656. The number of rotatable bonds is 6. The van der Waals surface area contributed by atoms with Crippen LogP contribution in [0.15, 0.2) is 48.5 Å².